The lowest BCUT2D eigenvalue weighted by Gasteiger charge is -2.10. The van der Waals surface area contributed by atoms with Gasteiger partial charge in [0, 0.05) is 4.90 Å². The second-order valence-corrected chi connectivity index (χ2v) is 3.54. The van der Waals surface area contributed by atoms with Crippen LogP contribution in [0.5, 0.6) is 5.75 Å². The van der Waals surface area contributed by atoms with Crippen LogP contribution in [0, 0.1) is 6.92 Å². The molecule has 72 valence electrons. The van der Waals surface area contributed by atoms with Gasteiger partial charge in [-0.15, -0.1) is 0 Å². The van der Waals surface area contributed by atoms with Crippen molar-refractivity contribution in [1.29, 1.82) is 0 Å². The number of rotatable bonds is 3. The van der Waals surface area contributed by atoms with Gasteiger partial charge < -0.3 is 9.29 Å². The molecule has 1 rings (SSSR count). The molecule has 0 aliphatic rings. The van der Waals surface area contributed by atoms with E-state index in [1.54, 1.807) is 12.1 Å². The van der Waals surface area contributed by atoms with Gasteiger partial charge in [0.25, 0.3) is 0 Å². The zero-order valence-corrected chi connectivity index (χ0v) is 8.39. The Kier molecular flexibility index (Phi) is 3.45. The lowest BCUT2D eigenvalue weighted by atomic mass is 10.2. The summed E-state index contributed by atoms with van der Waals surface area (Å²) >= 11 is -2.16. The van der Waals surface area contributed by atoms with Crippen molar-refractivity contribution in [3.8, 4) is 5.75 Å². The Hall–Kier alpha value is -0.870. The Balaban J connectivity index is 2.98. The maximum Gasteiger partial charge on any atom is 0.122 e. The van der Waals surface area contributed by atoms with E-state index in [1.807, 2.05) is 13.8 Å². The van der Waals surface area contributed by atoms with E-state index in [4.69, 9.17) is 4.74 Å². The molecular formula is C9H11O3S-. The summed E-state index contributed by atoms with van der Waals surface area (Å²) in [5, 5.41) is 0. The number of hydrogen-bond acceptors (Lipinski definition) is 3. The molecule has 0 bridgehead atoms. The largest absolute Gasteiger partial charge is 0.768 e. The molecule has 1 aromatic carbocycles. The van der Waals surface area contributed by atoms with E-state index in [-0.39, 0.29) is 0 Å². The van der Waals surface area contributed by atoms with Crippen LogP contribution < -0.4 is 4.74 Å². The first kappa shape index (κ1) is 10.2. The zero-order chi connectivity index (χ0) is 9.84. The van der Waals surface area contributed by atoms with Crippen molar-refractivity contribution in [3.05, 3.63) is 23.8 Å². The van der Waals surface area contributed by atoms with Gasteiger partial charge in [-0.1, -0.05) is 0 Å². The first-order valence-electron chi connectivity index (χ1n) is 3.98. The lowest BCUT2D eigenvalue weighted by molar-refractivity contribution is 0.337. The highest BCUT2D eigenvalue weighted by atomic mass is 32.2. The van der Waals surface area contributed by atoms with E-state index in [2.05, 4.69) is 0 Å². The van der Waals surface area contributed by atoms with Crippen molar-refractivity contribution in [3.63, 3.8) is 0 Å². The third kappa shape index (κ3) is 2.54. The molecule has 13 heavy (non-hydrogen) atoms. The van der Waals surface area contributed by atoms with Gasteiger partial charge in [0.05, 0.1) is 6.61 Å². The van der Waals surface area contributed by atoms with E-state index < -0.39 is 11.1 Å². The molecule has 3 nitrogen and oxygen atoms in total. The van der Waals surface area contributed by atoms with E-state index in [1.165, 1.54) is 6.07 Å². The second kappa shape index (κ2) is 4.39. The minimum Gasteiger partial charge on any atom is -0.768 e. The van der Waals surface area contributed by atoms with Crippen LogP contribution in [0.25, 0.3) is 0 Å². The van der Waals surface area contributed by atoms with Crippen molar-refractivity contribution in [1.82, 2.24) is 0 Å². The summed E-state index contributed by atoms with van der Waals surface area (Å²) in [7, 11) is 0. The number of aryl methyl sites for hydroxylation is 1. The summed E-state index contributed by atoms with van der Waals surface area (Å²) < 4.78 is 26.4. The van der Waals surface area contributed by atoms with Crippen LogP contribution in [-0.2, 0) is 11.1 Å². The maximum absolute atomic E-state index is 10.6. The molecule has 1 unspecified atom stereocenters. The minimum absolute atomic E-state index is 0.293. The lowest BCUT2D eigenvalue weighted by Crippen LogP contribution is -1.96. The topological polar surface area (TPSA) is 49.4 Å². The molecule has 0 aromatic heterocycles. The highest BCUT2D eigenvalue weighted by Gasteiger charge is 2.00. The Morgan fingerprint density at radius 1 is 1.54 bits per heavy atom. The van der Waals surface area contributed by atoms with Gasteiger partial charge in [0.2, 0.25) is 0 Å². The quantitative estimate of drug-likeness (QED) is 0.695. The number of ether oxygens (including phenoxy) is 1. The molecular weight excluding hydrogens is 188 g/mol. The summed E-state index contributed by atoms with van der Waals surface area (Å²) in [5.41, 5.74) is 0.837. The molecule has 0 fully saturated rings. The molecule has 0 N–H and O–H groups in total. The highest BCUT2D eigenvalue weighted by Crippen LogP contribution is 2.20. The summed E-state index contributed by atoms with van der Waals surface area (Å²) in [5.74, 6) is 0.733. The third-order valence-corrected chi connectivity index (χ3v) is 2.28. The third-order valence-electron chi connectivity index (χ3n) is 1.64. The molecule has 0 aliphatic heterocycles. The molecule has 0 spiro atoms. The van der Waals surface area contributed by atoms with Crippen molar-refractivity contribution < 1.29 is 13.5 Å². The average Bonchev–Trinajstić information content (AvgIpc) is 2.08. The van der Waals surface area contributed by atoms with Gasteiger partial charge >= 0.3 is 0 Å². The van der Waals surface area contributed by atoms with Gasteiger partial charge in [0.1, 0.15) is 5.75 Å². The molecule has 0 radical (unpaired) electrons. The predicted octanol–water partition coefficient (Wildman–Crippen LogP) is 1.63. The Labute approximate surface area is 80.0 Å². The monoisotopic (exact) mass is 199 g/mol. The fraction of sp³-hybridized carbons (Fsp3) is 0.333. The first-order chi connectivity index (χ1) is 6.15. The normalized spacial score (nSPS) is 12.5. The molecule has 0 saturated carbocycles. The molecule has 4 heteroatoms. The smallest absolute Gasteiger partial charge is 0.122 e. The highest BCUT2D eigenvalue weighted by molar-refractivity contribution is 7.79. The Morgan fingerprint density at radius 2 is 2.23 bits per heavy atom. The van der Waals surface area contributed by atoms with Crippen LogP contribution in [0.4, 0.5) is 0 Å². The Bertz CT molecular complexity index is 323. The standard InChI is InChI=1S/C9H12O3S/c1-3-12-9-5-4-8(13(10)11)6-7(9)2/h4-6H,3H2,1-2H3,(H,10,11)/p-1. The zero-order valence-electron chi connectivity index (χ0n) is 7.57. The van der Waals surface area contributed by atoms with Crippen LogP contribution in [0.1, 0.15) is 12.5 Å². The van der Waals surface area contributed by atoms with Gasteiger partial charge in [-0.3, -0.25) is 4.21 Å². The van der Waals surface area contributed by atoms with Crippen LogP contribution >= 0.6 is 0 Å². The molecule has 0 aliphatic carbocycles. The number of hydrogen-bond donors (Lipinski definition) is 0. The predicted molar refractivity (Wildman–Crippen MR) is 49.5 cm³/mol. The van der Waals surface area contributed by atoms with Crippen LogP contribution in [0.3, 0.4) is 0 Å². The SMILES string of the molecule is CCOc1ccc(S(=O)[O-])cc1C. The summed E-state index contributed by atoms with van der Waals surface area (Å²) in [6.45, 7) is 4.29. The summed E-state index contributed by atoms with van der Waals surface area (Å²) in [4.78, 5) is 0.293. The van der Waals surface area contributed by atoms with Gasteiger partial charge in [0.15, 0.2) is 0 Å². The minimum atomic E-state index is -2.16. The van der Waals surface area contributed by atoms with Gasteiger partial charge in [-0.05, 0) is 48.7 Å². The summed E-state index contributed by atoms with van der Waals surface area (Å²) in [6, 6.07) is 4.79. The molecule has 1 aromatic rings. The second-order valence-electron chi connectivity index (χ2n) is 2.60. The molecule has 1 atom stereocenters. The number of benzene rings is 1. The van der Waals surface area contributed by atoms with Crippen molar-refractivity contribution in [2.45, 2.75) is 18.7 Å². The molecule has 0 heterocycles. The molecule has 0 amide bonds. The van der Waals surface area contributed by atoms with Gasteiger partial charge in [-0.2, -0.15) is 0 Å². The maximum atomic E-state index is 10.6. The first-order valence-corrected chi connectivity index (χ1v) is 5.05. The van der Waals surface area contributed by atoms with E-state index in [9.17, 15) is 8.76 Å². The van der Waals surface area contributed by atoms with Crippen molar-refractivity contribution >= 4 is 11.1 Å². The summed E-state index contributed by atoms with van der Waals surface area (Å²) in [6.07, 6.45) is 0. The Morgan fingerprint density at radius 3 is 2.69 bits per heavy atom. The van der Waals surface area contributed by atoms with Crippen molar-refractivity contribution in [2.75, 3.05) is 6.61 Å². The van der Waals surface area contributed by atoms with Crippen LogP contribution in [0.15, 0.2) is 23.1 Å². The van der Waals surface area contributed by atoms with E-state index in [0.29, 0.717) is 11.5 Å². The molecule has 0 saturated heterocycles. The average molecular weight is 199 g/mol. The van der Waals surface area contributed by atoms with Gasteiger partial charge in [-0.25, -0.2) is 0 Å². The van der Waals surface area contributed by atoms with Crippen LogP contribution in [0.2, 0.25) is 0 Å². The van der Waals surface area contributed by atoms with Crippen LogP contribution in [-0.4, -0.2) is 15.4 Å². The van der Waals surface area contributed by atoms with E-state index >= 15 is 0 Å². The van der Waals surface area contributed by atoms with E-state index in [0.717, 1.165) is 11.3 Å². The fourth-order valence-corrected chi connectivity index (χ4v) is 1.50. The fourth-order valence-electron chi connectivity index (χ4n) is 1.04. The van der Waals surface area contributed by atoms with Crippen molar-refractivity contribution in [2.24, 2.45) is 0 Å².